The van der Waals surface area contributed by atoms with Crippen molar-refractivity contribution >= 4 is 17.8 Å². The number of hydrogen-bond donors (Lipinski definition) is 4. The number of hydrogen-bond acceptors (Lipinski definition) is 4. The number of H-pyrrole nitrogens is 1. The van der Waals surface area contributed by atoms with E-state index in [-0.39, 0.29) is 25.3 Å². The van der Waals surface area contributed by atoms with Gasteiger partial charge in [0.05, 0.1) is 25.0 Å². The molecular weight excluding hydrogens is 312 g/mol. The summed E-state index contributed by atoms with van der Waals surface area (Å²) in [4.78, 5) is 41.4. The molecule has 1 atom stereocenters. The first-order valence-electron chi connectivity index (χ1n) is 7.35. The van der Waals surface area contributed by atoms with E-state index in [9.17, 15) is 14.4 Å². The molecule has 0 aliphatic heterocycles. The molecule has 0 spiro atoms. The lowest BCUT2D eigenvalue weighted by Crippen LogP contribution is -2.46. The number of aliphatic carboxylic acids is 1. The fourth-order valence-electron chi connectivity index (χ4n) is 2.08. The first kappa shape index (κ1) is 17.2. The Morgan fingerprint density at radius 3 is 2.54 bits per heavy atom. The third kappa shape index (κ3) is 5.56. The molecule has 126 valence electrons. The van der Waals surface area contributed by atoms with Gasteiger partial charge in [-0.1, -0.05) is 30.3 Å². The highest BCUT2D eigenvalue weighted by molar-refractivity contribution is 5.88. The van der Waals surface area contributed by atoms with Crippen LogP contribution < -0.4 is 10.6 Å². The molecule has 0 aliphatic carbocycles. The highest BCUT2D eigenvalue weighted by Gasteiger charge is 2.21. The van der Waals surface area contributed by atoms with Gasteiger partial charge in [-0.2, -0.15) is 0 Å². The fraction of sp³-hybridized carbons (Fsp3) is 0.250. The average molecular weight is 330 g/mol. The lowest BCUT2D eigenvalue weighted by molar-refractivity contribution is -0.141. The van der Waals surface area contributed by atoms with E-state index in [1.165, 1.54) is 6.33 Å². The number of amides is 2. The zero-order chi connectivity index (χ0) is 17.4. The number of imidazole rings is 1. The SMILES string of the molecule is O=C(Cc1ccccc1)NCC(=O)NC(Cc1c[nH]cn1)C(=O)O. The number of nitrogens with zero attached hydrogens (tertiary/aromatic N) is 1. The van der Waals surface area contributed by atoms with Crippen LogP contribution in [0.5, 0.6) is 0 Å². The van der Waals surface area contributed by atoms with Crippen molar-refractivity contribution in [2.24, 2.45) is 0 Å². The molecule has 2 rings (SSSR count). The summed E-state index contributed by atoms with van der Waals surface area (Å²) < 4.78 is 0. The summed E-state index contributed by atoms with van der Waals surface area (Å²) in [6, 6.07) is 8.00. The molecule has 4 N–H and O–H groups in total. The van der Waals surface area contributed by atoms with Gasteiger partial charge in [0, 0.05) is 12.6 Å². The van der Waals surface area contributed by atoms with Crippen molar-refractivity contribution in [3.63, 3.8) is 0 Å². The summed E-state index contributed by atoms with van der Waals surface area (Å²) in [6.07, 6.45) is 3.20. The van der Waals surface area contributed by atoms with Gasteiger partial charge >= 0.3 is 5.97 Å². The molecule has 0 saturated carbocycles. The quantitative estimate of drug-likeness (QED) is 0.537. The smallest absolute Gasteiger partial charge is 0.326 e. The summed E-state index contributed by atoms with van der Waals surface area (Å²) >= 11 is 0. The van der Waals surface area contributed by atoms with Crippen LogP contribution in [-0.2, 0) is 27.2 Å². The summed E-state index contributed by atoms with van der Waals surface area (Å²) in [5, 5.41) is 14.0. The van der Waals surface area contributed by atoms with Crippen molar-refractivity contribution in [3.8, 4) is 0 Å². The molecule has 2 amide bonds. The number of carboxylic acids is 1. The Morgan fingerprint density at radius 1 is 1.17 bits per heavy atom. The van der Waals surface area contributed by atoms with Crippen LogP contribution in [0.1, 0.15) is 11.3 Å². The maximum atomic E-state index is 11.8. The lowest BCUT2D eigenvalue weighted by atomic mass is 10.1. The second-order valence-corrected chi connectivity index (χ2v) is 5.16. The van der Waals surface area contributed by atoms with Gasteiger partial charge < -0.3 is 20.7 Å². The van der Waals surface area contributed by atoms with Gasteiger partial charge in [0.15, 0.2) is 0 Å². The van der Waals surface area contributed by atoms with Gasteiger partial charge in [0.2, 0.25) is 11.8 Å². The van der Waals surface area contributed by atoms with Crippen molar-refractivity contribution < 1.29 is 19.5 Å². The molecule has 1 aromatic carbocycles. The Morgan fingerprint density at radius 2 is 1.92 bits per heavy atom. The van der Waals surface area contributed by atoms with Crippen molar-refractivity contribution in [1.29, 1.82) is 0 Å². The largest absolute Gasteiger partial charge is 0.480 e. The Labute approximate surface area is 138 Å². The van der Waals surface area contributed by atoms with Crippen molar-refractivity contribution in [2.75, 3.05) is 6.54 Å². The number of carbonyl (C=O) groups excluding carboxylic acids is 2. The molecule has 0 radical (unpaired) electrons. The van der Waals surface area contributed by atoms with E-state index in [0.29, 0.717) is 5.69 Å². The van der Waals surface area contributed by atoms with Crippen LogP contribution in [0, 0.1) is 0 Å². The standard InChI is InChI=1S/C16H18N4O4/c21-14(6-11-4-2-1-3-5-11)18-9-15(22)20-13(16(23)24)7-12-8-17-10-19-12/h1-5,8,10,13H,6-7,9H2,(H,17,19)(H,18,21)(H,20,22)(H,23,24). The van der Waals surface area contributed by atoms with E-state index < -0.39 is 17.9 Å². The summed E-state index contributed by atoms with van der Waals surface area (Å²) in [5.41, 5.74) is 1.35. The molecule has 1 aromatic heterocycles. The molecular formula is C16H18N4O4. The van der Waals surface area contributed by atoms with Gasteiger partial charge in [-0.05, 0) is 5.56 Å². The van der Waals surface area contributed by atoms with E-state index >= 15 is 0 Å². The first-order chi connectivity index (χ1) is 11.5. The Balaban J connectivity index is 1.78. The number of aromatic nitrogens is 2. The van der Waals surface area contributed by atoms with Crippen LogP contribution in [0.25, 0.3) is 0 Å². The van der Waals surface area contributed by atoms with Gasteiger partial charge in [-0.15, -0.1) is 0 Å². The van der Waals surface area contributed by atoms with Crippen LogP contribution in [0.2, 0.25) is 0 Å². The van der Waals surface area contributed by atoms with E-state index in [2.05, 4.69) is 20.6 Å². The molecule has 24 heavy (non-hydrogen) atoms. The number of rotatable bonds is 8. The molecule has 0 aliphatic rings. The van der Waals surface area contributed by atoms with Gasteiger partial charge in [-0.25, -0.2) is 9.78 Å². The maximum absolute atomic E-state index is 11.8. The predicted molar refractivity (Wildman–Crippen MR) is 85.0 cm³/mol. The highest BCUT2D eigenvalue weighted by Crippen LogP contribution is 2.00. The number of carbonyl (C=O) groups is 3. The molecule has 2 aromatic rings. The van der Waals surface area contributed by atoms with Gasteiger partial charge in [0.25, 0.3) is 0 Å². The predicted octanol–water partition coefficient (Wildman–Crippen LogP) is -0.119. The van der Waals surface area contributed by atoms with E-state index in [4.69, 9.17) is 5.11 Å². The van der Waals surface area contributed by atoms with E-state index in [0.717, 1.165) is 5.56 Å². The summed E-state index contributed by atoms with van der Waals surface area (Å²) in [7, 11) is 0. The van der Waals surface area contributed by atoms with Crippen LogP contribution in [0.4, 0.5) is 0 Å². The minimum Gasteiger partial charge on any atom is -0.480 e. The molecule has 1 unspecified atom stereocenters. The number of benzene rings is 1. The number of nitrogens with one attached hydrogen (secondary N) is 3. The van der Waals surface area contributed by atoms with Gasteiger partial charge in [0.1, 0.15) is 6.04 Å². The highest BCUT2D eigenvalue weighted by atomic mass is 16.4. The minimum absolute atomic E-state index is 0.0581. The Kier molecular flexibility index (Phi) is 6.07. The molecule has 0 bridgehead atoms. The second-order valence-electron chi connectivity index (χ2n) is 5.16. The minimum atomic E-state index is -1.16. The molecule has 0 saturated heterocycles. The maximum Gasteiger partial charge on any atom is 0.326 e. The normalized spacial score (nSPS) is 11.5. The summed E-state index contributed by atoms with van der Waals surface area (Å²) in [5.74, 6) is -2.04. The van der Waals surface area contributed by atoms with Gasteiger partial charge in [-0.3, -0.25) is 9.59 Å². The second kappa shape index (κ2) is 8.47. The fourth-order valence-corrected chi connectivity index (χ4v) is 2.08. The van der Waals surface area contributed by atoms with Crippen molar-refractivity contribution in [2.45, 2.75) is 18.9 Å². The molecule has 8 nitrogen and oxygen atoms in total. The third-order valence-electron chi connectivity index (χ3n) is 3.26. The van der Waals surface area contributed by atoms with E-state index in [1.54, 1.807) is 6.20 Å². The molecule has 1 heterocycles. The van der Waals surface area contributed by atoms with Crippen molar-refractivity contribution in [1.82, 2.24) is 20.6 Å². The zero-order valence-electron chi connectivity index (χ0n) is 12.9. The topological polar surface area (TPSA) is 124 Å². The summed E-state index contributed by atoms with van der Waals surface area (Å²) in [6.45, 7) is -0.282. The molecule has 8 heteroatoms. The molecule has 0 fully saturated rings. The number of carboxylic acid groups (broad SMARTS) is 1. The Hall–Kier alpha value is -3.16. The van der Waals surface area contributed by atoms with Crippen LogP contribution in [0.3, 0.4) is 0 Å². The first-order valence-corrected chi connectivity index (χ1v) is 7.35. The van der Waals surface area contributed by atoms with Crippen LogP contribution >= 0.6 is 0 Å². The average Bonchev–Trinajstić information content (AvgIpc) is 3.06. The monoisotopic (exact) mass is 330 g/mol. The zero-order valence-corrected chi connectivity index (χ0v) is 12.9. The lowest BCUT2D eigenvalue weighted by Gasteiger charge is -2.13. The van der Waals surface area contributed by atoms with E-state index in [1.807, 2.05) is 30.3 Å². The van der Waals surface area contributed by atoms with Crippen LogP contribution in [-0.4, -0.2) is 45.4 Å². The van der Waals surface area contributed by atoms with Crippen LogP contribution in [0.15, 0.2) is 42.9 Å². The van der Waals surface area contributed by atoms with Crippen molar-refractivity contribution in [3.05, 3.63) is 54.1 Å². The number of aromatic amines is 1. The third-order valence-corrected chi connectivity index (χ3v) is 3.26. The Bertz CT molecular complexity index is 685.